The maximum absolute atomic E-state index is 12.6. The highest BCUT2D eigenvalue weighted by Gasteiger charge is 2.18. The summed E-state index contributed by atoms with van der Waals surface area (Å²) < 4.78 is 6.39. The fourth-order valence-electron chi connectivity index (χ4n) is 3.44. The number of hydrazone groups is 1. The first-order chi connectivity index (χ1) is 15.1. The van der Waals surface area contributed by atoms with Gasteiger partial charge < -0.3 is 4.74 Å². The molecule has 1 aliphatic rings. The number of halogens is 2. The van der Waals surface area contributed by atoms with Gasteiger partial charge in [0.1, 0.15) is 10.6 Å². The Morgan fingerprint density at radius 1 is 1.26 bits per heavy atom. The lowest BCUT2D eigenvalue weighted by molar-refractivity contribution is 0.0959. The van der Waals surface area contributed by atoms with Crippen LogP contribution in [0.15, 0.2) is 41.5 Å². The van der Waals surface area contributed by atoms with Gasteiger partial charge >= 0.3 is 0 Å². The zero-order valence-electron chi connectivity index (χ0n) is 16.9. The molecule has 1 aliphatic heterocycles. The minimum absolute atomic E-state index is 0.352. The van der Waals surface area contributed by atoms with Crippen molar-refractivity contribution in [3.63, 3.8) is 0 Å². The molecule has 1 aromatic heterocycles. The van der Waals surface area contributed by atoms with Crippen LogP contribution in [0.2, 0.25) is 10.0 Å². The SMILES string of the molecule is COc1ccc(C=NNC(=O)c2sc3cccc(Cl)c3c2Cl)cc1CN1CCSCC1. The van der Waals surface area contributed by atoms with Crippen molar-refractivity contribution in [1.29, 1.82) is 0 Å². The number of carbonyl (C=O) groups excluding carboxylic acids is 1. The molecule has 0 radical (unpaired) electrons. The van der Waals surface area contributed by atoms with Crippen LogP contribution in [0.5, 0.6) is 5.75 Å². The molecule has 0 saturated carbocycles. The molecule has 1 saturated heterocycles. The number of amides is 1. The lowest BCUT2D eigenvalue weighted by Gasteiger charge is -2.26. The molecule has 3 aromatic rings. The van der Waals surface area contributed by atoms with Crippen molar-refractivity contribution in [2.75, 3.05) is 31.7 Å². The largest absolute Gasteiger partial charge is 0.496 e. The summed E-state index contributed by atoms with van der Waals surface area (Å²) in [4.78, 5) is 15.4. The van der Waals surface area contributed by atoms with Gasteiger partial charge in [0.2, 0.25) is 0 Å². The number of benzene rings is 2. The van der Waals surface area contributed by atoms with E-state index in [0.29, 0.717) is 20.3 Å². The number of fused-ring (bicyclic) bond motifs is 1. The van der Waals surface area contributed by atoms with Crippen molar-refractivity contribution in [1.82, 2.24) is 10.3 Å². The molecule has 0 bridgehead atoms. The number of nitrogens with one attached hydrogen (secondary N) is 1. The van der Waals surface area contributed by atoms with Gasteiger partial charge in [-0.3, -0.25) is 9.69 Å². The van der Waals surface area contributed by atoms with E-state index in [0.717, 1.165) is 52.7 Å². The van der Waals surface area contributed by atoms with Crippen LogP contribution in [0.3, 0.4) is 0 Å². The maximum atomic E-state index is 12.6. The van der Waals surface area contributed by atoms with E-state index < -0.39 is 0 Å². The number of ether oxygens (including phenoxy) is 1. The van der Waals surface area contributed by atoms with Crippen molar-refractivity contribution < 1.29 is 9.53 Å². The molecule has 1 N–H and O–H groups in total. The zero-order valence-corrected chi connectivity index (χ0v) is 20.0. The normalized spacial score (nSPS) is 14.9. The smallest absolute Gasteiger partial charge is 0.283 e. The number of nitrogens with zero attached hydrogens (tertiary/aromatic N) is 2. The summed E-state index contributed by atoms with van der Waals surface area (Å²) in [6.07, 6.45) is 1.63. The lowest BCUT2D eigenvalue weighted by atomic mass is 10.1. The van der Waals surface area contributed by atoms with Gasteiger partial charge in [-0.1, -0.05) is 29.3 Å². The molecule has 162 valence electrons. The van der Waals surface area contributed by atoms with E-state index in [1.807, 2.05) is 42.1 Å². The number of hydrogen-bond acceptors (Lipinski definition) is 6. The molecule has 2 aromatic carbocycles. The predicted octanol–water partition coefficient (Wildman–Crippen LogP) is 5.53. The molecular formula is C22H21Cl2N3O2S2. The highest BCUT2D eigenvalue weighted by molar-refractivity contribution is 7.99. The summed E-state index contributed by atoms with van der Waals surface area (Å²) in [7, 11) is 1.68. The van der Waals surface area contributed by atoms with Gasteiger partial charge in [0, 0.05) is 46.8 Å². The molecule has 1 fully saturated rings. The fourth-order valence-corrected chi connectivity index (χ4v) is 6.26. The number of thioether (sulfide) groups is 1. The molecular weight excluding hydrogens is 473 g/mol. The quantitative estimate of drug-likeness (QED) is 0.362. The Labute approximate surface area is 199 Å². The van der Waals surface area contributed by atoms with Crippen LogP contribution in [-0.2, 0) is 6.54 Å². The van der Waals surface area contributed by atoms with E-state index >= 15 is 0 Å². The minimum Gasteiger partial charge on any atom is -0.496 e. The molecule has 5 nitrogen and oxygen atoms in total. The Hall–Kier alpha value is -1.77. The Bertz CT molecular complexity index is 1130. The third-order valence-corrected chi connectivity index (χ3v) is 7.90. The second-order valence-corrected chi connectivity index (χ2v) is 10.1. The minimum atomic E-state index is -0.363. The van der Waals surface area contributed by atoms with Crippen LogP contribution in [0.25, 0.3) is 10.1 Å². The van der Waals surface area contributed by atoms with Crippen molar-refractivity contribution >= 4 is 68.5 Å². The highest BCUT2D eigenvalue weighted by Crippen LogP contribution is 2.39. The molecule has 0 unspecified atom stereocenters. The molecule has 2 heterocycles. The monoisotopic (exact) mass is 493 g/mol. The van der Waals surface area contributed by atoms with Crippen LogP contribution in [-0.4, -0.2) is 48.7 Å². The van der Waals surface area contributed by atoms with E-state index in [-0.39, 0.29) is 5.91 Å². The van der Waals surface area contributed by atoms with Crippen LogP contribution < -0.4 is 10.2 Å². The Morgan fingerprint density at radius 2 is 2.06 bits per heavy atom. The molecule has 4 rings (SSSR count). The Balaban J connectivity index is 1.47. The average Bonchev–Trinajstić information content (AvgIpc) is 3.12. The van der Waals surface area contributed by atoms with E-state index in [1.54, 1.807) is 19.4 Å². The molecule has 0 atom stereocenters. The zero-order chi connectivity index (χ0) is 21.8. The second-order valence-electron chi connectivity index (χ2n) is 7.02. The van der Waals surface area contributed by atoms with Gasteiger partial charge in [-0.15, -0.1) is 11.3 Å². The van der Waals surface area contributed by atoms with Gasteiger partial charge in [0.05, 0.1) is 23.4 Å². The average molecular weight is 494 g/mol. The van der Waals surface area contributed by atoms with E-state index in [2.05, 4.69) is 15.4 Å². The van der Waals surface area contributed by atoms with Gasteiger partial charge in [-0.05, 0) is 35.9 Å². The summed E-state index contributed by atoms with van der Waals surface area (Å²) in [6.45, 7) is 2.97. The number of methoxy groups -OCH3 is 1. The summed E-state index contributed by atoms with van der Waals surface area (Å²) in [5.74, 6) is 2.80. The first kappa shape index (κ1) is 22.4. The van der Waals surface area contributed by atoms with Gasteiger partial charge in [0.25, 0.3) is 5.91 Å². The van der Waals surface area contributed by atoms with Crippen molar-refractivity contribution in [2.45, 2.75) is 6.54 Å². The standard InChI is InChI=1S/C22H21Cl2N3O2S2/c1-29-17-6-5-14(11-15(17)13-27-7-9-30-10-8-27)12-25-26-22(28)21-20(24)19-16(23)3-2-4-18(19)31-21/h2-6,11-12H,7-10,13H2,1H3,(H,26,28). The molecule has 0 spiro atoms. The molecule has 0 aliphatic carbocycles. The van der Waals surface area contributed by atoms with Crippen molar-refractivity contribution in [2.24, 2.45) is 5.10 Å². The first-order valence-corrected chi connectivity index (χ1v) is 12.5. The molecule has 9 heteroatoms. The van der Waals surface area contributed by atoms with Crippen LogP contribution in [0.4, 0.5) is 0 Å². The second kappa shape index (κ2) is 10.2. The number of carbonyl (C=O) groups is 1. The number of rotatable bonds is 6. The van der Waals surface area contributed by atoms with Crippen molar-refractivity contribution in [3.8, 4) is 5.75 Å². The van der Waals surface area contributed by atoms with E-state index in [1.165, 1.54) is 11.3 Å². The topological polar surface area (TPSA) is 53.9 Å². The summed E-state index contributed by atoms with van der Waals surface area (Å²) in [5, 5.41) is 5.70. The third-order valence-electron chi connectivity index (χ3n) is 4.99. The summed E-state index contributed by atoms with van der Waals surface area (Å²) in [6, 6.07) is 11.4. The summed E-state index contributed by atoms with van der Waals surface area (Å²) in [5.41, 5.74) is 4.55. The summed E-state index contributed by atoms with van der Waals surface area (Å²) >= 11 is 15.9. The maximum Gasteiger partial charge on any atom is 0.283 e. The fraction of sp³-hybridized carbons (Fsp3) is 0.273. The Morgan fingerprint density at radius 3 is 2.81 bits per heavy atom. The van der Waals surface area contributed by atoms with Crippen molar-refractivity contribution in [3.05, 3.63) is 62.4 Å². The van der Waals surface area contributed by atoms with Gasteiger partial charge in [-0.25, -0.2) is 5.43 Å². The third kappa shape index (κ3) is 5.18. The van der Waals surface area contributed by atoms with E-state index in [4.69, 9.17) is 27.9 Å². The van der Waals surface area contributed by atoms with Crippen LogP contribution >= 0.6 is 46.3 Å². The first-order valence-electron chi connectivity index (χ1n) is 9.73. The molecule has 31 heavy (non-hydrogen) atoms. The lowest BCUT2D eigenvalue weighted by Crippen LogP contribution is -2.32. The van der Waals surface area contributed by atoms with E-state index in [9.17, 15) is 4.79 Å². The molecule has 1 amide bonds. The Kier molecular flexibility index (Phi) is 7.40. The van der Waals surface area contributed by atoms with Gasteiger partial charge in [-0.2, -0.15) is 16.9 Å². The number of thiophene rings is 1. The van der Waals surface area contributed by atoms with Gasteiger partial charge in [0.15, 0.2) is 0 Å². The predicted molar refractivity (Wildman–Crippen MR) is 133 cm³/mol. The van der Waals surface area contributed by atoms with Crippen LogP contribution in [0, 0.1) is 0 Å². The number of hydrogen-bond donors (Lipinski definition) is 1. The highest BCUT2D eigenvalue weighted by atomic mass is 35.5. The van der Waals surface area contributed by atoms with Crippen LogP contribution in [0.1, 0.15) is 20.8 Å².